The molecule has 0 spiro atoms. The van der Waals surface area contributed by atoms with Crippen molar-refractivity contribution in [1.82, 2.24) is 4.90 Å². The molecular weight excluding hydrogens is 408 g/mol. The lowest BCUT2D eigenvalue weighted by atomic mass is 9.95. The van der Waals surface area contributed by atoms with Crippen LogP contribution in [0.3, 0.4) is 0 Å². The molecule has 1 aliphatic rings. The predicted octanol–water partition coefficient (Wildman–Crippen LogP) is 4.32. The number of benzene rings is 2. The van der Waals surface area contributed by atoms with Gasteiger partial charge in [-0.3, -0.25) is 9.69 Å². The Bertz CT molecular complexity index is 789. The second kappa shape index (κ2) is 9.24. The van der Waals surface area contributed by atoms with Gasteiger partial charge in [0.25, 0.3) is 0 Å². The van der Waals surface area contributed by atoms with Crippen LogP contribution in [0.25, 0.3) is 0 Å². The number of hydrogen-bond donors (Lipinski definition) is 1. The van der Waals surface area contributed by atoms with Gasteiger partial charge in [0, 0.05) is 23.0 Å². The van der Waals surface area contributed by atoms with Crippen LogP contribution in [0.4, 0.5) is 5.69 Å². The molecule has 6 heteroatoms. The van der Waals surface area contributed by atoms with Gasteiger partial charge < -0.3 is 14.8 Å². The fourth-order valence-corrected chi connectivity index (χ4v) is 3.83. The number of anilines is 1. The summed E-state index contributed by atoms with van der Waals surface area (Å²) in [6, 6.07) is 13.8. The number of carbonyl (C=O) groups is 1. The highest BCUT2D eigenvalue weighted by Gasteiger charge is 2.25. The largest absolute Gasteiger partial charge is 0.497 e. The highest BCUT2D eigenvalue weighted by atomic mass is 79.9. The smallest absolute Gasteiger partial charge is 0.227 e. The van der Waals surface area contributed by atoms with Gasteiger partial charge in [0.15, 0.2) is 0 Å². The predicted molar refractivity (Wildman–Crippen MR) is 110 cm³/mol. The lowest BCUT2D eigenvalue weighted by molar-refractivity contribution is -0.121. The molecule has 0 radical (unpaired) electrons. The van der Waals surface area contributed by atoms with Crippen molar-refractivity contribution in [2.45, 2.75) is 19.4 Å². The zero-order chi connectivity index (χ0) is 19.2. The highest BCUT2D eigenvalue weighted by Crippen LogP contribution is 2.30. The third kappa shape index (κ3) is 5.23. The van der Waals surface area contributed by atoms with Gasteiger partial charge >= 0.3 is 0 Å². The van der Waals surface area contributed by atoms with E-state index in [0.717, 1.165) is 36.9 Å². The summed E-state index contributed by atoms with van der Waals surface area (Å²) in [5.41, 5.74) is 1.97. The van der Waals surface area contributed by atoms with Crippen LogP contribution in [-0.4, -0.2) is 38.1 Å². The maximum atomic E-state index is 12.7. The van der Waals surface area contributed by atoms with Crippen molar-refractivity contribution < 1.29 is 14.3 Å². The van der Waals surface area contributed by atoms with E-state index >= 15 is 0 Å². The molecule has 1 N–H and O–H groups in total. The number of likely N-dealkylation sites (tertiary alicyclic amines) is 1. The van der Waals surface area contributed by atoms with E-state index in [9.17, 15) is 4.79 Å². The fraction of sp³-hybridized carbons (Fsp3) is 0.381. The summed E-state index contributed by atoms with van der Waals surface area (Å²) in [4.78, 5) is 15.1. The number of methoxy groups -OCH3 is 2. The number of ether oxygens (including phenoxy) is 2. The Morgan fingerprint density at radius 1 is 1.15 bits per heavy atom. The first-order valence-electron chi connectivity index (χ1n) is 9.08. The molecule has 0 atom stereocenters. The topological polar surface area (TPSA) is 50.8 Å². The molecule has 1 amide bonds. The van der Waals surface area contributed by atoms with E-state index in [1.165, 1.54) is 5.56 Å². The summed E-state index contributed by atoms with van der Waals surface area (Å²) in [7, 11) is 3.19. The van der Waals surface area contributed by atoms with Gasteiger partial charge in [0.2, 0.25) is 5.91 Å². The molecule has 0 saturated carbocycles. The van der Waals surface area contributed by atoms with E-state index in [0.29, 0.717) is 17.2 Å². The minimum atomic E-state index is 0.0237. The Labute approximate surface area is 168 Å². The number of hydrogen-bond acceptors (Lipinski definition) is 4. The second-order valence-electron chi connectivity index (χ2n) is 6.74. The standard InChI is InChI=1S/C21H25BrN2O3/c1-26-18-6-7-19(20(13-18)27-2)23-21(25)16-8-10-24(11-9-16)14-15-4-3-5-17(22)12-15/h3-7,12-13,16H,8-11,14H2,1-2H3,(H,23,25). The zero-order valence-electron chi connectivity index (χ0n) is 15.7. The van der Waals surface area contributed by atoms with Crippen LogP contribution in [0, 0.1) is 5.92 Å². The Hall–Kier alpha value is -2.05. The number of nitrogens with zero attached hydrogens (tertiary/aromatic N) is 1. The molecule has 5 nitrogen and oxygen atoms in total. The number of carbonyl (C=O) groups excluding carboxylic acids is 1. The minimum absolute atomic E-state index is 0.0237. The van der Waals surface area contributed by atoms with Crippen molar-refractivity contribution in [3.05, 3.63) is 52.5 Å². The maximum Gasteiger partial charge on any atom is 0.227 e. The van der Waals surface area contributed by atoms with Gasteiger partial charge in [0.05, 0.1) is 19.9 Å². The van der Waals surface area contributed by atoms with Gasteiger partial charge in [-0.15, -0.1) is 0 Å². The SMILES string of the molecule is COc1ccc(NC(=O)C2CCN(Cc3cccc(Br)c3)CC2)c(OC)c1. The normalized spacial score (nSPS) is 15.4. The number of halogens is 1. The van der Waals surface area contributed by atoms with Crippen LogP contribution in [0.15, 0.2) is 46.9 Å². The molecule has 1 heterocycles. The third-order valence-electron chi connectivity index (χ3n) is 4.92. The summed E-state index contributed by atoms with van der Waals surface area (Å²) in [5, 5.41) is 3.01. The van der Waals surface area contributed by atoms with Crippen molar-refractivity contribution in [3.63, 3.8) is 0 Å². The Balaban J connectivity index is 1.54. The number of nitrogens with one attached hydrogen (secondary N) is 1. The molecule has 3 rings (SSSR count). The fourth-order valence-electron chi connectivity index (χ4n) is 3.38. The van der Waals surface area contributed by atoms with Crippen LogP contribution >= 0.6 is 15.9 Å². The summed E-state index contributed by atoms with van der Waals surface area (Å²) >= 11 is 3.52. The van der Waals surface area contributed by atoms with Crippen molar-refractivity contribution >= 4 is 27.5 Å². The first-order valence-corrected chi connectivity index (χ1v) is 9.88. The van der Waals surface area contributed by atoms with Crippen molar-refractivity contribution in [3.8, 4) is 11.5 Å². The van der Waals surface area contributed by atoms with E-state index in [4.69, 9.17) is 9.47 Å². The molecule has 1 aliphatic heterocycles. The number of piperidine rings is 1. The molecule has 0 aromatic heterocycles. The Morgan fingerprint density at radius 2 is 1.93 bits per heavy atom. The number of amides is 1. The lowest BCUT2D eigenvalue weighted by Gasteiger charge is -2.31. The van der Waals surface area contributed by atoms with Gasteiger partial charge in [-0.1, -0.05) is 28.1 Å². The van der Waals surface area contributed by atoms with Crippen molar-refractivity contribution in [2.24, 2.45) is 5.92 Å². The molecule has 1 fully saturated rings. The minimum Gasteiger partial charge on any atom is -0.497 e. The first-order chi connectivity index (χ1) is 13.1. The first kappa shape index (κ1) is 19.7. The van der Waals surface area contributed by atoms with Crippen LogP contribution in [0.1, 0.15) is 18.4 Å². The average Bonchev–Trinajstić information content (AvgIpc) is 2.69. The second-order valence-corrected chi connectivity index (χ2v) is 7.65. The Kier molecular flexibility index (Phi) is 6.74. The van der Waals surface area contributed by atoms with Crippen LogP contribution in [0.5, 0.6) is 11.5 Å². The molecule has 144 valence electrons. The van der Waals surface area contributed by atoms with Crippen molar-refractivity contribution in [2.75, 3.05) is 32.6 Å². The molecule has 0 unspecified atom stereocenters. The van der Waals surface area contributed by atoms with E-state index in [2.05, 4.69) is 44.3 Å². The van der Waals surface area contributed by atoms with Gasteiger partial charge in [-0.25, -0.2) is 0 Å². The van der Waals surface area contributed by atoms with Crippen LogP contribution in [-0.2, 0) is 11.3 Å². The van der Waals surface area contributed by atoms with Crippen LogP contribution < -0.4 is 14.8 Å². The third-order valence-corrected chi connectivity index (χ3v) is 5.41. The monoisotopic (exact) mass is 432 g/mol. The van der Waals surface area contributed by atoms with Gasteiger partial charge in [-0.2, -0.15) is 0 Å². The summed E-state index contributed by atoms with van der Waals surface area (Å²) in [6.07, 6.45) is 1.72. The molecule has 2 aromatic rings. The highest BCUT2D eigenvalue weighted by molar-refractivity contribution is 9.10. The lowest BCUT2D eigenvalue weighted by Crippen LogP contribution is -2.37. The molecule has 2 aromatic carbocycles. The van der Waals surface area contributed by atoms with E-state index in [1.807, 2.05) is 18.2 Å². The number of rotatable bonds is 6. The van der Waals surface area contributed by atoms with Gasteiger partial charge in [-0.05, 0) is 55.8 Å². The maximum absolute atomic E-state index is 12.7. The molecular formula is C21H25BrN2O3. The van der Waals surface area contributed by atoms with Gasteiger partial charge in [0.1, 0.15) is 11.5 Å². The van der Waals surface area contributed by atoms with Crippen molar-refractivity contribution in [1.29, 1.82) is 0 Å². The molecule has 27 heavy (non-hydrogen) atoms. The van der Waals surface area contributed by atoms with E-state index in [1.54, 1.807) is 20.3 Å². The quantitative estimate of drug-likeness (QED) is 0.738. The summed E-state index contributed by atoms with van der Waals surface area (Å²) in [5.74, 6) is 1.39. The summed E-state index contributed by atoms with van der Waals surface area (Å²) in [6.45, 7) is 2.76. The summed E-state index contributed by atoms with van der Waals surface area (Å²) < 4.78 is 11.7. The van der Waals surface area contributed by atoms with E-state index < -0.39 is 0 Å². The molecule has 1 saturated heterocycles. The average molecular weight is 433 g/mol. The van der Waals surface area contributed by atoms with Crippen LogP contribution in [0.2, 0.25) is 0 Å². The van der Waals surface area contributed by atoms with E-state index in [-0.39, 0.29) is 11.8 Å². The Morgan fingerprint density at radius 3 is 2.59 bits per heavy atom. The molecule has 0 bridgehead atoms. The molecule has 0 aliphatic carbocycles. The zero-order valence-corrected chi connectivity index (χ0v) is 17.3.